The smallest absolute Gasteiger partial charge is 0.244 e. The van der Waals surface area contributed by atoms with Crippen LogP contribution in [0.15, 0.2) is 42.5 Å². The van der Waals surface area contributed by atoms with E-state index in [1.165, 1.54) is 4.90 Å². The van der Waals surface area contributed by atoms with E-state index >= 15 is 0 Å². The lowest BCUT2D eigenvalue weighted by Gasteiger charge is -2.33. The Balaban J connectivity index is 1.91. The van der Waals surface area contributed by atoms with E-state index in [9.17, 15) is 18.0 Å². The molecule has 37 heavy (non-hydrogen) atoms. The Morgan fingerprint density at radius 3 is 2.35 bits per heavy atom. The van der Waals surface area contributed by atoms with E-state index in [0.717, 1.165) is 48.2 Å². The first-order chi connectivity index (χ1) is 17.5. The molecule has 1 fully saturated rings. The predicted octanol–water partition coefficient (Wildman–Crippen LogP) is 5.19. The molecule has 3 rings (SSSR count). The number of hydrogen-bond acceptors (Lipinski definition) is 4. The quantitative estimate of drug-likeness (QED) is 0.428. The highest BCUT2D eigenvalue weighted by Gasteiger charge is 2.31. The summed E-state index contributed by atoms with van der Waals surface area (Å²) in [6, 6.07) is 11.4. The molecule has 0 saturated heterocycles. The molecule has 0 aromatic heterocycles. The monoisotopic (exact) mass is 567 g/mol. The van der Waals surface area contributed by atoms with Crippen LogP contribution in [-0.2, 0) is 32.6 Å². The molecule has 0 heterocycles. The normalized spacial score (nSPS) is 15.2. The largest absolute Gasteiger partial charge is 0.352 e. The lowest BCUT2D eigenvalue weighted by molar-refractivity contribution is -0.139. The summed E-state index contributed by atoms with van der Waals surface area (Å²) in [7, 11) is -3.79. The summed E-state index contributed by atoms with van der Waals surface area (Å²) < 4.78 is 26.7. The zero-order valence-electron chi connectivity index (χ0n) is 21.5. The molecule has 0 aliphatic heterocycles. The van der Waals surface area contributed by atoms with Crippen LogP contribution in [-0.4, -0.2) is 50.0 Å². The Morgan fingerprint density at radius 2 is 1.73 bits per heavy atom. The Morgan fingerprint density at radius 1 is 1.05 bits per heavy atom. The van der Waals surface area contributed by atoms with Crippen LogP contribution in [0, 0.1) is 0 Å². The van der Waals surface area contributed by atoms with E-state index in [1.54, 1.807) is 37.3 Å². The van der Waals surface area contributed by atoms with Crippen molar-refractivity contribution >= 4 is 50.7 Å². The molecular weight excluding hydrogens is 533 g/mol. The van der Waals surface area contributed by atoms with Crippen molar-refractivity contribution in [3.63, 3.8) is 0 Å². The molecule has 2 amide bonds. The SMILES string of the molecule is CCc1ccccc1N(CC(=O)N(Cc1ccc(Cl)c(Cl)c1)[C@H](C)C(=O)NC1CCCCC1)S(C)(=O)=O. The Hall–Kier alpha value is -2.29. The van der Waals surface area contributed by atoms with Gasteiger partial charge in [0.05, 0.1) is 22.0 Å². The number of hydrogen-bond donors (Lipinski definition) is 1. The van der Waals surface area contributed by atoms with Crippen LogP contribution in [0.25, 0.3) is 0 Å². The number of aryl methyl sites for hydroxylation is 1. The molecule has 1 N–H and O–H groups in total. The summed E-state index contributed by atoms with van der Waals surface area (Å²) >= 11 is 12.3. The van der Waals surface area contributed by atoms with Crippen LogP contribution in [0.4, 0.5) is 5.69 Å². The number of rotatable bonds is 10. The van der Waals surface area contributed by atoms with Gasteiger partial charge in [-0.25, -0.2) is 8.42 Å². The van der Waals surface area contributed by atoms with E-state index in [0.29, 0.717) is 27.7 Å². The maximum atomic E-state index is 13.7. The molecule has 1 saturated carbocycles. The third-order valence-electron chi connectivity index (χ3n) is 6.78. The van der Waals surface area contributed by atoms with Gasteiger partial charge in [0, 0.05) is 12.6 Å². The van der Waals surface area contributed by atoms with E-state index in [4.69, 9.17) is 23.2 Å². The van der Waals surface area contributed by atoms with Gasteiger partial charge in [0.15, 0.2) is 0 Å². The summed E-state index contributed by atoms with van der Waals surface area (Å²) in [6.45, 7) is 3.23. The molecule has 1 aliphatic carbocycles. The van der Waals surface area contributed by atoms with Crippen molar-refractivity contribution in [1.29, 1.82) is 0 Å². The summed E-state index contributed by atoms with van der Waals surface area (Å²) in [5, 5.41) is 3.80. The third kappa shape index (κ3) is 7.85. The van der Waals surface area contributed by atoms with Crippen molar-refractivity contribution in [2.24, 2.45) is 0 Å². The molecule has 0 unspecified atom stereocenters. The number of para-hydroxylation sites is 1. The van der Waals surface area contributed by atoms with Gasteiger partial charge < -0.3 is 10.2 Å². The lowest BCUT2D eigenvalue weighted by atomic mass is 9.95. The van der Waals surface area contributed by atoms with Crippen molar-refractivity contribution in [2.75, 3.05) is 17.1 Å². The number of carbonyl (C=O) groups is 2. The topological polar surface area (TPSA) is 86.8 Å². The summed E-state index contributed by atoms with van der Waals surface area (Å²) in [5.74, 6) is -0.756. The highest BCUT2D eigenvalue weighted by molar-refractivity contribution is 7.92. The van der Waals surface area contributed by atoms with Crippen molar-refractivity contribution in [3.05, 3.63) is 63.6 Å². The number of anilines is 1. The minimum absolute atomic E-state index is 0.0714. The molecule has 2 aromatic carbocycles. The van der Waals surface area contributed by atoms with Crippen molar-refractivity contribution in [1.82, 2.24) is 10.2 Å². The number of halogens is 2. The number of sulfonamides is 1. The molecule has 1 atom stereocenters. The highest BCUT2D eigenvalue weighted by Crippen LogP contribution is 2.26. The van der Waals surface area contributed by atoms with Gasteiger partial charge in [0.25, 0.3) is 0 Å². The van der Waals surface area contributed by atoms with Crippen LogP contribution in [0.2, 0.25) is 10.0 Å². The zero-order chi connectivity index (χ0) is 27.2. The van der Waals surface area contributed by atoms with Crippen molar-refractivity contribution < 1.29 is 18.0 Å². The fraction of sp³-hybridized carbons (Fsp3) is 0.481. The van der Waals surface area contributed by atoms with E-state index in [1.807, 2.05) is 19.1 Å². The number of nitrogens with zero attached hydrogens (tertiary/aromatic N) is 2. The van der Waals surface area contributed by atoms with Gasteiger partial charge in [0.1, 0.15) is 12.6 Å². The molecule has 0 radical (unpaired) electrons. The zero-order valence-corrected chi connectivity index (χ0v) is 23.9. The van der Waals surface area contributed by atoms with Gasteiger partial charge in [-0.1, -0.05) is 73.7 Å². The van der Waals surface area contributed by atoms with Gasteiger partial charge in [-0.2, -0.15) is 0 Å². The molecule has 0 bridgehead atoms. The second-order valence-corrected chi connectivity index (χ2v) is 12.3. The minimum Gasteiger partial charge on any atom is -0.352 e. The molecular formula is C27H35Cl2N3O4S. The highest BCUT2D eigenvalue weighted by atomic mass is 35.5. The first-order valence-electron chi connectivity index (χ1n) is 12.6. The number of benzene rings is 2. The van der Waals surface area contributed by atoms with Gasteiger partial charge in [0.2, 0.25) is 21.8 Å². The Bertz CT molecular complexity index is 1220. The summed E-state index contributed by atoms with van der Waals surface area (Å²) in [5.41, 5.74) is 1.94. The summed E-state index contributed by atoms with van der Waals surface area (Å²) in [4.78, 5) is 28.4. The van der Waals surface area contributed by atoms with E-state index in [2.05, 4.69) is 5.32 Å². The standard InChI is InChI=1S/C27H35Cl2N3O4S/c1-4-21-10-8-9-13-25(21)32(37(3,35)36)18-26(33)31(17-20-14-15-23(28)24(29)16-20)19(2)27(34)30-22-11-6-5-7-12-22/h8-10,13-16,19,22H,4-7,11-12,17-18H2,1-3H3,(H,30,34)/t19-/m1/s1. The molecule has 1 aliphatic rings. The van der Waals surface area contributed by atoms with Crippen LogP contribution in [0.1, 0.15) is 57.1 Å². The molecule has 10 heteroatoms. The van der Waals surface area contributed by atoms with Gasteiger partial charge in [-0.05, 0) is 55.5 Å². The molecule has 7 nitrogen and oxygen atoms in total. The maximum absolute atomic E-state index is 13.7. The van der Waals surface area contributed by atoms with Crippen molar-refractivity contribution in [3.8, 4) is 0 Å². The van der Waals surface area contributed by atoms with E-state index in [-0.39, 0.29) is 18.5 Å². The van der Waals surface area contributed by atoms with Crippen LogP contribution >= 0.6 is 23.2 Å². The molecule has 202 valence electrons. The number of nitrogens with one attached hydrogen (secondary N) is 1. The fourth-order valence-corrected chi connectivity index (χ4v) is 5.83. The number of carbonyl (C=O) groups excluding carboxylic acids is 2. The second kappa shape index (κ2) is 13.0. The maximum Gasteiger partial charge on any atom is 0.244 e. The van der Waals surface area contributed by atoms with Gasteiger partial charge in [-0.15, -0.1) is 0 Å². The van der Waals surface area contributed by atoms with Crippen LogP contribution in [0.5, 0.6) is 0 Å². The summed E-state index contributed by atoms with van der Waals surface area (Å²) in [6.07, 6.45) is 6.78. The average Bonchev–Trinajstić information content (AvgIpc) is 2.87. The van der Waals surface area contributed by atoms with Crippen LogP contribution < -0.4 is 9.62 Å². The Kier molecular flexibility index (Phi) is 10.3. The van der Waals surface area contributed by atoms with Crippen molar-refractivity contribution in [2.45, 2.75) is 71.0 Å². The minimum atomic E-state index is -3.79. The molecule has 0 spiro atoms. The van der Waals surface area contributed by atoms with Crippen LogP contribution in [0.3, 0.4) is 0 Å². The first kappa shape index (κ1) is 29.3. The third-order valence-corrected chi connectivity index (χ3v) is 8.64. The van der Waals surface area contributed by atoms with Gasteiger partial charge in [-0.3, -0.25) is 13.9 Å². The van der Waals surface area contributed by atoms with E-state index < -0.39 is 28.5 Å². The predicted molar refractivity (Wildman–Crippen MR) is 149 cm³/mol. The first-order valence-corrected chi connectivity index (χ1v) is 15.2. The number of amides is 2. The second-order valence-electron chi connectivity index (χ2n) is 9.54. The lowest BCUT2D eigenvalue weighted by Crippen LogP contribution is -2.53. The Labute approximate surface area is 230 Å². The van der Waals surface area contributed by atoms with Gasteiger partial charge >= 0.3 is 0 Å². The molecule has 2 aromatic rings. The average molecular weight is 569 g/mol. The fourth-order valence-electron chi connectivity index (χ4n) is 4.63.